The minimum atomic E-state index is -0.888. The van der Waals surface area contributed by atoms with Crippen LogP contribution in [0.1, 0.15) is 47.2 Å². The smallest absolute Gasteiger partial charge is 0.249 e. The van der Waals surface area contributed by atoms with E-state index in [0.717, 1.165) is 37.8 Å². The second kappa shape index (κ2) is 8.32. The minimum Gasteiger partial charge on any atom is -0.483 e. The monoisotopic (exact) mass is 538 g/mol. The van der Waals surface area contributed by atoms with Crippen LogP contribution in [-0.2, 0) is 12.0 Å². The fourth-order valence-electron chi connectivity index (χ4n) is 6.13. The van der Waals surface area contributed by atoms with Gasteiger partial charge in [-0.2, -0.15) is 0 Å². The van der Waals surface area contributed by atoms with Crippen molar-refractivity contribution in [2.45, 2.75) is 49.3 Å². The van der Waals surface area contributed by atoms with E-state index in [0.29, 0.717) is 5.56 Å². The Morgan fingerprint density at radius 1 is 1.08 bits per heavy atom. The van der Waals surface area contributed by atoms with Crippen LogP contribution in [0.25, 0.3) is 11.1 Å². The van der Waals surface area contributed by atoms with Crippen molar-refractivity contribution in [2.75, 3.05) is 13.2 Å². The van der Waals surface area contributed by atoms with Gasteiger partial charge in [0, 0.05) is 29.2 Å². The van der Waals surface area contributed by atoms with Gasteiger partial charge in [-0.25, -0.2) is 8.78 Å². The molecule has 9 heteroatoms. The lowest BCUT2D eigenvalue weighted by Crippen LogP contribution is -2.48. The van der Waals surface area contributed by atoms with Crippen molar-refractivity contribution < 1.29 is 27.8 Å². The number of halogens is 3. The van der Waals surface area contributed by atoms with Crippen molar-refractivity contribution in [3.8, 4) is 28.4 Å². The lowest BCUT2D eigenvalue weighted by atomic mass is 9.80. The first-order valence-corrected chi connectivity index (χ1v) is 13.2. The zero-order valence-electron chi connectivity index (χ0n) is 20.4. The Kier molecular flexibility index (Phi) is 5.20. The summed E-state index contributed by atoms with van der Waals surface area (Å²) in [6.45, 7) is 1.01. The zero-order valence-corrected chi connectivity index (χ0v) is 21.2. The van der Waals surface area contributed by atoms with Crippen molar-refractivity contribution in [1.82, 2.24) is 5.32 Å². The first-order valence-electron chi connectivity index (χ1n) is 12.8. The predicted molar refractivity (Wildman–Crippen MR) is 137 cm³/mol. The number of benzene rings is 3. The van der Waals surface area contributed by atoms with Crippen LogP contribution in [0, 0.1) is 11.6 Å². The quantitative estimate of drug-likeness (QED) is 0.473. The van der Waals surface area contributed by atoms with Gasteiger partial charge in [-0.05, 0) is 43.9 Å². The number of carbonyl (C=O) groups excluding carboxylic acids is 1. The Labute approximate surface area is 223 Å². The van der Waals surface area contributed by atoms with E-state index in [1.165, 1.54) is 12.1 Å². The third-order valence-corrected chi connectivity index (χ3v) is 8.59. The molecule has 0 bridgehead atoms. The molecule has 7 rings (SSSR count). The number of primary amides is 1. The van der Waals surface area contributed by atoms with Crippen LogP contribution in [0.2, 0.25) is 5.02 Å². The van der Waals surface area contributed by atoms with E-state index in [-0.39, 0.29) is 58.0 Å². The summed E-state index contributed by atoms with van der Waals surface area (Å²) in [4.78, 5) is 12.6. The molecule has 3 aliphatic heterocycles. The van der Waals surface area contributed by atoms with Crippen molar-refractivity contribution in [3.05, 3.63) is 75.8 Å². The molecule has 2 fully saturated rings. The standard InChI is InChI=1S/C29H25ClF2N2O4/c30-24-18(31)12-19-17(13-29(38-19,21-7-4-10-34-21)15-5-2-1-3-6-15)22(24)23-16(27(33)35)11-20-26(25(23)32)36-14-28(37-20)8-9-28/h1-3,5-6,11-12,21,34H,4,7-10,13-14H2,(H2,33,35)/t21-,29-/m0/s1. The van der Waals surface area contributed by atoms with Crippen LogP contribution in [0.15, 0.2) is 42.5 Å². The van der Waals surface area contributed by atoms with E-state index in [2.05, 4.69) is 5.32 Å². The molecule has 3 aromatic rings. The fourth-order valence-corrected chi connectivity index (χ4v) is 6.40. The Balaban J connectivity index is 1.44. The normalized spacial score (nSPS) is 24.2. The highest BCUT2D eigenvalue weighted by Crippen LogP contribution is 2.55. The third-order valence-electron chi connectivity index (χ3n) is 8.22. The Morgan fingerprint density at radius 2 is 1.87 bits per heavy atom. The molecule has 2 atom stereocenters. The van der Waals surface area contributed by atoms with Gasteiger partial charge < -0.3 is 25.3 Å². The topological polar surface area (TPSA) is 82.8 Å². The molecule has 3 heterocycles. The molecule has 0 aromatic heterocycles. The molecule has 1 amide bonds. The average molecular weight is 539 g/mol. The van der Waals surface area contributed by atoms with Crippen molar-refractivity contribution in [2.24, 2.45) is 5.73 Å². The largest absolute Gasteiger partial charge is 0.483 e. The van der Waals surface area contributed by atoms with Gasteiger partial charge in [-0.15, -0.1) is 0 Å². The number of ether oxygens (including phenoxy) is 3. The number of carbonyl (C=O) groups is 1. The molecular formula is C29H25ClF2N2O4. The molecule has 6 nitrogen and oxygen atoms in total. The van der Waals surface area contributed by atoms with E-state index in [9.17, 15) is 4.79 Å². The maximum absolute atomic E-state index is 16.3. The molecule has 1 saturated heterocycles. The maximum atomic E-state index is 16.3. The second-order valence-electron chi connectivity index (χ2n) is 10.6. The van der Waals surface area contributed by atoms with Gasteiger partial charge in [0.25, 0.3) is 0 Å². The maximum Gasteiger partial charge on any atom is 0.249 e. The number of hydrogen-bond acceptors (Lipinski definition) is 5. The number of nitrogens with one attached hydrogen (secondary N) is 1. The Bertz CT molecular complexity index is 1490. The summed E-state index contributed by atoms with van der Waals surface area (Å²) in [5.41, 5.74) is 5.45. The average Bonchev–Trinajstić information content (AvgIpc) is 3.29. The number of nitrogens with two attached hydrogens (primary N) is 1. The van der Waals surface area contributed by atoms with E-state index < -0.39 is 28.7 Å². The minimum absolute atomic E-state index is 0.0434. The molecule has 196 valence electrons. The van der Waals surface area contributed by atoms with E-state index in [1.54, 1.807) is 0 Å². The van der Waals surface area contributed by atoms with E-state index >= 15 is 8.78 Å². The van der Waals surface area contributed by atoms with E-state index in [1.807, 2.05) is 30.3 Å². The van der Waals surface area contributed by atoms with Gasteiger partial charge in [0.1, 0.15) is 23.8 Å². The van der Waals surface area contributed by atoms with Crippen LogP contribution in [0.4, 0.5) is 8.78 Å². The van der Waals surface area contributed by atoms with Crippen molar-refractivity contribution in [3.63, 3.8) is 0 Å². The zero-order chi connectivity index (χ0) is 26.2. The lowest BCUT2D eigenvalue weighted by molar-refractivity contribution is 0.0539. The van der Waals surface area contributed by atoms with Crippen LogP contribution in [0.5, 0.6) is 17.2 Å². The van der Waals surface area contributed by atoms with Crippen LogP contribution in [-0.4, -0.2) is 30.7 Å². The van der Waals surface area contributed by atoms with Crippen molar-refractivity contribution >= 4 is 17.5 Å². The predicted octanol–water partition coefficient (Wildman–Crippen LogP) is 5.27. The summed E-state index contributed by atoms with van der Waals surface area (Å²) < 4.78 is 50.0. The first-order chi connectivity index (χ1) is 18.3. The van der Waals surface area contributed by atoms with Crippen LogP contribution < -0.4 is 25.3 Å². The summed E-state index contributed by atoms with van der Waals surface area (Å²) in [6, 6.07) is 12.2. The molecule has 0 radical (unpaired) electrons. The summed E-state index contributed by atoms with van der Waals surface area (Å²) in [6.07, 6.45) is 3.65. The van der Waals surface area contributed by atoms with Gasteiger partial charge in [0.15, 0.2) is 22.9 Å². The van der Waals surface area contributed by atoms with Gasteiger partial charge in [0.2, 0.25) is 5.91 Å². The number of hydrogen-bond donors (Lipinski definition) is 2. The molecule has 3 aromatic carbocycles. The van der Waals surface area contributed by atoms with Gasteiger partial charge in [-0.3, -0.25) is 4.79 Å². The number of rotatable bonds is 4. The highest BCUT2D eigenvalue weighted by Gasteiger charge is 2.52. The van der Waals surface area contributed by atoms with Crippen LogP contribution >= 0.6 is 11.6 Å². The second-order valence-corrected chi connectivity index (χ2v) is 11.0. The molecule has 4 aliphatic rings. The summed E-state index contributed by atoms with van der Waals surface area (Å²) in [5, 5.41) is 3.21. The fraction of sp³-hybridized carbons (Fsp3) is 0.345. The molecule has 0 unspecified atom stereocenters. The highest BCUT2D eigenvalue weighted by atomic mass is 35.5. The van der Waals surface area contributed by atoms with Gasteiger partial charge in [0.05, 0.1) is 16.6 Å². The third kappa shape index (κ3) is 3.43. The summed E-state index contributed by atoms with van der Waals surface area (Å²) in [5.74, 6) is -2.31. The Hall–Kier alpha value is -3.36. The first kappa shape index (κ1) is 23.7. The lowest BCUT2D eigenvalue weighted by Gasteiger charge is -2.35. The van der Waals surface area contributed by atoms with Gasteiger partial charge >= 0.3 is 0 Å². The number of fused-ring (bicyclic) bond motifs is 2. The Morgan fingerprint density at radius 3 is 2.55 bits per heavy atom. The SMILES string of the molecule is NC(=O)c1cc2c(c(F)c1-c1c(Cl)c(F)cc3c1C[C@](c1ccccc1)([C@@H]1CCCN1)O3)OCC1(CC1)O2. The number of amides is 1. The summed E-state index contributed by atoms with van der Waals surface area (Å²) >= 11 is 6.56. The summed E-state index contributed by atoms with van der Waals surface area (Å²) in [7, 11) is 0. The van der Waals surface area contributed by atoms with Gasteiger partial charge in [-0.1, -0.05) is 41.9 Å². The molecule has 1 aliphatic carbocycles. The highest BCUT2D eigenvalue weighted by molar-refractivity contribution is 6.34. The molecular weight excluding hydrogens is 514 g/mol. The molecule has 1 spiro atoms. The molecule has 1 saturated carbocycles. The molecule has 3 N–H and O–H groups in total. The molecule has 38 heavy (non-hydrogen) atoms. The van der Waals surface area contributed by atoms with E-state index in [4.69, 9.17) is 31.5 Å². The van der Waals surface area contributed by atoms with Crippen molar-refractivity contribution in [1.29, 1.82) is 0 Å². The van der Waals surface area contributed by atoms with Crippen LogP contribution in [0.3, 0.4) is 0 Å².